The van der Waals surface area contributed by atoms with Crippen molar-refractivity contribution in [3.05, 3.63) is 59.6 Å². The van der Waals surface area contributed by atoms with Crippen LogP contribution < -0.4 is 11.1 Å². The quantitative estimate of drug-likeness (QED) is 0.291. The molecule has 0 atom stereocenters. The molecule has 1 heterocycles. The lowest BCUT2D eigenvalue weighted by atomic mass is 10.2. The van der Waals surface area contributed by atoms with Crippen molar-refractivity contribution in [2.75, 3.05) is 19.6 Å². The molecule has 5 nitrogen and oxygen atoms in total. The highest BCUT2D eigenvalue weighted by molar-refractivity contribution is 5.94. The van der Waals surface area contributed by atoms with Crippen LogP contribution >= 0.6 is 0 Å². The molecule has 3 N–H and O–H groups in total. The first-order valence-corrected chi connectivity index (χ1v) is 8.68. The zero-order chi connectivity index (χ0) is 19.1. The SMILES string of the molecule is C=C(/C=C\C(=C/C)OC1=CC=C(CNCCC)C=NC1)C(N)=O.CC. The molecule has 1 aliphatic rings. The van der Waals surface area contributed by atoms with Crippen LogP contribution in [0, 0.1) is 0 Å². The van der Waals surface area contributed by atoms with Crippen LogP contribution in [-0.2, 0) is 9.53 Å². The Bertz CT molecular complexity index is 582. The van der Waals surface area contributed by atoms with Crippen molar-refractivity contribution >= 4 is 12.1 Å². The van der Waals surface area contributed by atoms with Gasteiger partial charge in [0.15, 0.2) is 0 Å². The van der Waals surface area contributed by atoms with E-state index in [0.29, 0.717) is 12.3 Å². The van der Waals surface area contributed by atoms with Gasteiger partial charge in [-0.3, -0.25) is 9.79 Å². The molecule has 0 bridgehead atoms. The molecule has 5 heteroatoms. The number of ether oxygens (including phenoxy) is 1. The van der Waals surface area contributed by atoms with Crippen LogP contribution in [0.5, 0.6) is 0 Å². The van der Waals surface area contributed by atoms with Gasteiger partial charge >= 0.3 is 0 Å². The van der Waals surface area contributed by atoms with Crippen molar-refractivity contribution in [3.63, 3.8) is 0 Å². The van der Waals surface area contributed by atoms with Crippen molar-refractivity contribution in [2.24, 2.45) is 10.7 Å². The van der Waals surface area contributed by atoms with E-state index in [1.54, 1.807) is 12.2 Å². The fourth-order valence-electron chi connectivity index (χ4n) is 1.73. The molecular weight excluding hydrogens is 314 g/mol. The lowest BCUT2D eigenvalue weighted by molar-refractivity contribution is -0.114. The van der Waals surface area contributed by atoms with E-state index in [9.17, 15) is 4.79 Å². The molecule has 0 aromatic carbocycles. The number of primary amides is 1. The molecule has 25 heavy (non-hydrogen) atoms. The van der Waals surface area contributed by atoms with Crippen molar-refractivity contribution in [1.29, 1.82) is 0 Å². The number of aliphatic imine (C=N–C) groups is 1. The number of hydrogen-bond acceptors (Lipinski definition) is 4. The van der Waals surface area contributed by atoms with Crippen LogP contribution in [-0.4, -0.2) is 31.8 Å². The summed E-state index contributed by atoms with van der Waals surface area (Å²) in [6.45, 7) is 13.8. The van der Waals surface area contributed by atoms with Gasteiger partial charge in [0.2, 0.25) is 5.91 Å². The summed E-state index contributed by atoms with van der Waals surface area (Å²) in [6, 6.07) is 0. The van der Waals surface area contributed by atoms with Gasteiger partial charge in [0.05, 0.1) is 6.54 Å². The first kappa shape index (κ1) is 22.6. The molecule has 1 amide bonds. The van der Waals surface area contributed by atoms with E-state index in [1.165, 1.54) is 6.08 Å². The molecule has 0 aromatic heterocycles. The Morgan fingerprint density at radius 2 is 2.12 bits per heavy atom. The minimum absolute atomic E-state index is 0.227. The third-order valence-electron chi connectivity index (χ3n) is 3.04. The zero-order valence-electron chi connectivity index (χ0n) is 15.8. The highest BCUT2D eigenvalue weighted by atomic mass is 16.5. The van der Waals surface area contributed by atoms with E-state index < -0.39 is 5.91 Å². The average Bonchev–Trinajstić information content (AvgIpc) is 2.85. The minimum atomic E-state index is -0.554. The molecule has 1 rings (SSSR count). The number of amides is 1. The van der Waals surface area contributed by atoms with Gasteiger partial charge in [-0.15, -0.1) is 0 Å². The van der Waals surface area contributed by atoms with E-state index in [2.05, 4.69) is 23.8 Å². The predicted octanol–water partition coefficient (Wildman–Crippen LogP) is 3.43. The maximum absolute atomic E-state index is 10.9. The van der Waals surface area contributed by atoms with Crippen LogP contribution in [0.4, 0.5) is 0 Å². The largest absolute Gasteiger partial charge is 0.460 e. The van der Waals surface area contributed by atoms with Gasteiger partial charge in [0.25, 0.3) is 0 Å². The van der Waals surface area contributed by atoms with E-state index >= 15 is 0 Å². The monoisotopic (exact) mass is 345 g/mol. The second-order valence-corrected chi connectivity index (χ2v) is 5.04. The Morgan fingerprint density at radius 1 is 1.40 bits per heavy atom. The Hall–Kier alpha value is -2.40. The van der Waals surface area contributed by atoms with Gasteiger partial charge in [-0.1, -0.05) is 33.4 Å². The Kier molecular flexibility index (Phi) is 12.6. The number of nitrogens with one attached hydrogen (secondary N) is 1. The summed E-state index contributed by atoms with van der Waals surface area (Å²) in [5, 5.41) is 3.34. The van der Waals surface area contributed by atoms with Crippen LogP contribution in [0.15, 0.2) is 64.6 Å². The second-order valence-electron chi connectivity index (χ2n) is 5.04. The summed E-state index contributed by atoms with van der Waals surface area (Å²) >= 11 is 0. The van der Waals surface area contributed by atoms with Gasteiger partial charge in [-0.05, 0) is 49.8 Å². The number of carbonyl (C=O) groups is 1. The first-order chi connectivity index (χ1) is 12.1. The fourth-order valence-corrected chi connectivity index (χ4v) is 1.73. The summed E-state index contributed by atoms with van der Waals surface area (Å²) in [5.41, 5.74) is 6.47. The molecule has 0 unspecified atom stereocenters. The molecule has 0 spiro atoms. The number of nitrogens with two attached hydrogens (primary N) is 1. The number of rotatable bonds is 9. The molecular formula is C20H31N3O2. The van der Waals surface area contributed by atoms with E-state index in [4.69, 9.17) is 10.5 Å². The zero-order valence-corrected chi connectivity index (χ0v) is 15.8. The van der Waals surface area contributed by atoms with Crippen molar-refractivity contribution < 1.29 is 9.53 Å². The Morgan fingerprint density at radius 3 is 2.72 bits per heavy atom. The van der Waals surface area contributed by atoms with Crippen LogP contribution in [0.25, 0.3) is 0 Å². The maximum Gasteiger partial charge on any atom is 0.248 e. The number of hydrogen-bond donors (Lipinski definition) is 2. The molecule has 138 valence electrons. The summed E-state index contributed by atoms with van der Waals surface area (Å²) in [7, 11) is 0. The van der Waals surface area contributed by atoms with Crippen LogP contribution in [0.1, 0.15) is 34.1 Å². The smallest absolute Gasteiger partial charge is 0.248 e. The summed E-state index contributed by atoms with van der Waals surface area (Å²) in [4.78, 5) is 15.3. The normalized spacial score (nSPS) is 14.2. The van der Waals surface area contributed by atoms with Gasteiger partial charge in [-0.25, -0.2) is 0 Å². The topological polar surface area (TPSA) is 76.7 Å². The predicted molar refractivity (Wildman–Crippen MR) is 106 cm³/mol. The number of allylic oxidation sites excluding steroid dienone is 4. The second kappa shape index (κ2) is 14.0. The standard InChI is InChI=1S/C18H25N3O2.C2H6/c1-4-10-20-11-15-7-9-17(13-21-12-15)23-16(5-2)8-6-14(3)18(19)22;1-2/h5-9,12,20H,3-4,10-11,13H2,1-2H3,(H2,19,22);1-2H3/b8-6-,16-5+;. The lowest BCUT2D eigenvalue weighted by Gasteiger charge is -2.07. The van der Waals surface area contributed by atoms with Gasteiger partial charge in [0.1, 0.15) is 11.5 Å². The number of nitrogens with zero attached hydrogens (tertiary/aromatic N) is 1. The minimum Gasteiger partial charge on any atom is -0.460 e. The fraction of sp³-hybridized carbons (Fsp3) is 0.400. The molecule has 0 aromatic rings. The van der Waals surface area contributed by atoms with E-state index in [0.717, 1.165) is 30.8 Å². The number of carbonyl (C=O) groups excluding carboxylic acids is 1. The van der Waals surface area contributed by atoms with Gasteiger partial charge in [-0.2, -0.15) is 0 Å². The maximum atomic E-state index is 10.9. The Labute approximate surface area is 151 Å². The van der Waals surface area contributed by atoms with E-state index in [-0.39, 0.29) is 5.57 Å². The summed E-state index contributed by atoms with van der Waals surface area (Å²) < 4.78 is 5.79. The lowest BCUT2D eigenvalue weighted by Crippen LogP contribution is -2.18. The average molecular weight is 345 g/mol. The van der Waals surface area contributed by atoms with Crippen molar-refractivity contribution in [1.82, 2.24) is 5.32 Å². The molecule has 0 saturated carbocycles. The molecule has 0 radical (unpaired) electrons. The third kappa shape index (κ3) is 10.1. The molecule has 0 saturated heterocycles. The molecule has 0 aliphatic carbocycles. The van der Waals surface area contributed by atoms with Crippen LogP contribution in [0.2, 0.25) is 0 Å². The first-order valence-electron chi connectivity index (χ1n) is 8.68. The highest BCUT2D eigenvalue weighted by Gasteiger charge is 2.04. The third-order valence-corrected chi connectivity index (χ3v) is 3.04. The summed E-state index contributed by atoms with van der Waals surface area (Å²) in [5.74, 6) is 0.783. The van der Waals surface area contributed by atoms with Crippen LogP contribution in [0.3, 0.4) is 0 Å². The summed E-state index contributed by atoms with van der Waals surface area (Å²) in [6.07, 6.45) is 11.9. The molecule has 0 fully saturated rings. The van der Waals surface area contributed by atoms with E-state index in [1.807, 2.05) is 39.1 Å². The molecule has 1 aliphatic heterocycles. The van der Waals surface area contributed by atoms with Crippen molar-refractivity contribution in [2.45, 2.75) is 34.1 Å². The Balaban J connectivity index is 0.00000277. The highest BCUT2D eigenvalue weighted by Crippen LogP contribution is 2.12. The van der Waals surface area contributed by atoms with Gasteiger partial charge in [0, 0.05) is 18.3 Å². The van der Waals surface area contributed by atoms with Crippen molar-refractivity contribution in [3.8, 4) is 0 Å². The van der Waals surface area contributed by atoms with Gasteiger partial charge < -0.3 is 15.8 Å².